The van der Waals surface area contributed by atoms with E-state index in [4.69, 9.17) is 11.5 Å². The first kappa shape index (κ1) is 14.6. The van der Waals surface area contributed by atoms with Crippen LogP contribution in [0.1, 0.15) is 5.56 Å². The summed E-state index contributed by atoms with van der Waals surface area (Å²) in [5.74, 6) is 0.177. The van der Waals surface area contributed by atoms with E-state index < -0.39 is 25.9 Å². The van der Waals surface area contributed by atoms with Gasteiger partial charge in [0.25, 0.3) is 9.84 Å². The molecule has 0 aromatic heterocycles. The molecule has 0 aliphatic carbocycles. The lowest BCUT2D eigenvalue weighted by molar-refractivity contribution is -0.0436. The highest BCUT2D eigenvalue weighted by molar-refractivity contribution is 7.92. The van der Waals surface area contributed by atoms with Gasteiger partial charge in [0.2, 0.25) is 0 Å². The van der Waals surface area contributed by atoms with Gasteiger partial charge in [0, 0.05) is 0 Å². The molecule has 1 aromatic carbocycles. The summed E-state index contributed by atoms with van der Waals surface area (Å²) in [6.07, 6.45) is 1.33. The Kier molecular flexibility index (Phi) is 3.19. The molecular formula is C10H11F3N4O2S. The number of sulfone groups is 1. The van der Waals surface area contributed by atoms with E-state index in [0.717, 1.165) is 12.1 Å². The Morgan fingerprint density at radius 3 is 2.40 bits per heavy atom. The van der Waals surface area contributed by atoms with Gasteiger partial charge >= 0.3 is 5.51 Å². The van der Waals surface area contributed by atoms with Crippen molar-refractivity contribution in [2.45, 2.75) is 16.1 Å². The van der Waals surface area contributed by atoms with Gasteiger partial charge in [-0.05, 0) is 23.8 Å². The van der Waals surface area contributed by atoms with Crippen LogP contribution in [0.4, 0.5) is 13.2 Å². The molecular weight excluding hydrogens is 297 g/mol. The third kappa shape index (κ3) is 2.32. The second kappa shape index (κ2) is 4.36. The van der Waals surface area contributed by atoms with Gasteiger partial charge in [0.05, 0.1) is 4.90 Å². The van der Waals surface area contributed by atoms with Gasteiger partial charge in [-0.25, -0.2) is 13.8 Å². The standard InChI is InChI=1S/C10H11F3N4O2S/c11-10(12,13)20(18,19)7-3-1-2-6(4-7)9(15)5-8(14)16-17-9/h1-5,16-17H,14-15H2. The molecule has 0 radical (unpaired) electrons. The zero-order valence-electron chi connectivity index (χ0n) is 9.90. The van der Waals surface area contributed by atoms with Crippen molar-refractivity contribution in [1.82, 2.24) is 10.9 Å². The zero-order valence-corrected chi connectivity index (χ0v) is 10.7. The summed E-state index contributed by atoms with van der Waals surface area (Å²) in [6.45, 7) is 0. The topological polar surface area (TPSA) is 110 Å². The van der Waals surface area contributed by atoms with Gasteiger partial charge in [-0.2, -0.15) is 13.2 Å². The van der Waals surface area contributed by atoms with Crippen molar-refractivity contribution in [3.8, 4) is 0 Å². The first-order valence-corrected chi connectivity index (χ1v) is 6.77. The number of hydrogen-bond donors (Lipinski definition) is 4. The molecule has 1 aromatic rings. The average molecular weight is 308 g/mol. The predicted octanol–water partition coefficient (Wildman–Crippen LogP) is -0.000500. The van der Waals surface area contributed by atoms with Crippen molar-refractivity contribution in [2.24, 2.45) is 11.5 Å². The van der Waals surface area contributed by atoms with Gasteiger partial charge in [-0.3, -0.25) is 0 Å². The number of hydrogen-bond acceptors (Lipinski definition) is 6. The monoisotopic (exact) mass is 308 g/mol. The molecule has 20 heavy (non-hydrogen) atoms. The van der Waals surface area contributed by atoms with Crippen LogP contribution in [0.25, 0.3) is 0 Å². The Morgan fingerprint density at radius 1 is 1.25 bits per heavy atom. The summed E-state index contributed by atoms with van der Waals surface area (Å²) in [4.78, 5) is -0.881. The number of benzene rings is 1. The third-order valence-corrected chi connectivity index (χ3v) is 4.21. The molecule has 0 fully saturated rings. The molecule has 0 saturated carbocycles. The molecule has 6 nitrogen and oxygen atoms in total. The summed E-state index contributed by atoms with van der Waals surface area (Å²) in [5.41, 5.74) is 9.74. The highest BCUT2D eigenvalue weighted by atomic mass is 32.2. The molecule has 1 heterocycles. The highest BCUT2D eigenvalue weighted by Gasteiger charge is 2.47. The van der Waals surface area contributed by atoms with Crippen LogP contribution in [0.15, 0.2) is 41.1 Å². The Morgan fingerprint density at radius 2 is 1.90 bits per heavy atom. The predicted molar refractivity (Wildman–Crippen MR) is 64.1 cm³/mol. The Labute approximate surface area is 112 Å². The van der Waals surface area contributed by atoms with Gasteiger partial charge in [0.15, 0.2) is 0 Å². The maximum absolute atomic E-state index is 12.5. The zero-order chi connectivity index (χ0) is 15.2. The summed E-state index contributed by atoms with van der Waals surface area (Å²) in [6, 6.07) is 4.27. The molecule has 1 aliphatic rings. The van der Waals surface area contributed by atoms with Crippen LogP contribution in [0.5, 0.6) is 0 Å². The summed E-state index contributed by atoms with van der Waals surface area (Å²) < 4.78 is 60.2. The fraction of sp³-hybridized carbons (Fsp3) is 0.200. The minimum absolute atomic E-state index is 0.121. The van der Waals surface area contributed by atoms with Crippen molar-refractivity contribution >= 4 is 9.84 Å². The van der Waals surface area contributed by atoms with Crippen LogP contribution in [0.3, 0.4) is 0 Å². The van der Waals surface area contributed by atoms with Crippen molar-refractivity contribution in [3.63, 3.8) is 0 Å². The molecule has 1 atom stereocenters. The second-order valence-electron chi connectivity index (χ2n) is 4.20. The van der Waals surface area contributed by atoms with Gasteiger partial charge in [-0.15, -0.1) is 0 Å². The van der Waals surface area contributed by atoms with E-state index in [1.165, 1.54) is 18.2 Å². The molecule has 6 N–H and O–H groups in total. The SMILES string of the molecule is NC1=CC(N)(c2cccc(S(=O)(=O)C(F)(F)F)c2)NN1. The number of nitrogens with one attached hydrogen (secondary N) is 2. The van der Waals surface area contributed by atoms with E-state index in [1.807, 2.05) is 0 Å². The first-order valence-electron chi connectivity index (χ1n) is 5.28. The fourth-order valence-electron chi connectivity index (χ4n) is 1.70. The Bertz CT molecular complexity index is 671. The van der Waals surface area contributed by atoms with Crippen molar-refractivity contribution in [1.29, 1.82) is 0 Å². The minimum atomic E-state index is -5.42. The smallest absolute Gasteiger partial charge is 0.385 e. The quantitative estimate of drug-likeness (QED) is 0.612. The lowest BCUT2D eigenvalue weighted by Crippen LogP contribution is -2.49. The number of alkyl halides is 3. The molecule has 1 aliphatic heterocycles. The van der Waals surface area contributed by atoms with Crippen LogP contribution >= 0.6 is 0 Å². The molecule has 0 amide bonds. The van der Waals surface area contributed by atoms with Gasteiger partial charge < -0.3 is 16.9 Å². The van der Waals surface area contributed by atoms with E-state index >= 15 is 0 Å². The number of halogens is 3. The molecule has 110 valence electrons. The lowest BCUT2D eigenvalue weighted by Gasteiger charge is -2.23. The van der Waals surface area contributed by atoms with E-state index in [1.54, 1.807) is 0 Å². The maximum Gasteiger partial charge on any atom is 0.501 e. The fourth-order valence-corrected chi connectivity index (χ4v) is 2.51. The second-order valence-corrected chi connectivity index (χ2v) is 6.14. The normalized spacial score (nSPS) is 23.3. The van der Waals surface area contributed by atoms with Crippen LogP contribution in [-0.4, -0.2) is 13.9 Å². The summed E-state index contributed by atoms with van der Waals surface area (Å²) in [7, 11) is -5.42. The van der Waals surface area contributed by atoms with Crippen molar-refractivity contribution in [2.75, 3.05) is 0 Å². The number of rotatable bonds is 2. The Balaban J connectivity index is 2.50. The van der Waals surface area contributed by atoms with Gasteiger partial charge in [0.1, 0.15) is 11.5 Å². The average Bonchev–Trinajstić information content (AvgIpc) is 2.69. The van der Waals surface area contributed by atoms with Crippen LogP contribution in [0, 0.1) is 0 Å². The number of nitrogens with two attached hydrogens (primary N) is 2. The molecule has 1 unspecified atom stereocenters. The summed E-state index contributed by atoms with van der Waals surface area (Å²) in [5, 5.41) is 0. The first-order chi connectivity index (χ1) is 9.06. The highest BCUT2D eigenvalue weighted by Crippen LogP contribution is 2.32. The van der Waals surface area contributed by atoms with Gasteiger partial charge in [-0.1, -0.05) is 12.1 Å². The third-order valence-electron chi connectivity index (χ3n) is 2.72. The molecule has 0 saturated heterocycles. The van der Waals surface area contributed by atoms with E-state index in [2.05, 4.69) is 10.9 Å². The van der Waals surface area contributed by atoms with Crippen molar-refractivity contribution in [3.05, 3.63) is 41.7 Å². The van der Waals surface area contributed by atoms with E-state index in [-0.39, 0.29) is 11.4 Å². The Hall–Kier alpha value is -1.78. The summed E-state index contributed by atoms with van der Waals surface area (Å²) >= 11 is 0. The molecule has 0 spiro atoms. The van der Waals surface area contributed by atoms with Crippen LogP contribution in [-0.2, 0) is 15.5 Å². The maximum atomic E-state index is 12.5. The number of hydrazine groups is 1. The largest absolute Gasteiger partial charge is 0.501 e. The van der Waals surface area contributed by atoms with Crippen LogP contribution < -0.4 is 22.3 Å². The minimum Gasteiger partial charge on any atom is -0.385 e. The molecule has 2 rings (SSSR count). The van der Waals surface area contributed by atoms with Crippen molar-refractivity contribution < 1.29 is 21.6 Å². The lowest BCUT2D eigenvalue weighted by atomic mass is 10.0. The molecule has 0 bridgehead atoms. The van der Waals surface area contributed by atoms with Crippen LogP contribution in [0.2, 0.25) is 0 Å². The molecule has 10 heteroatoms. The van der Waals surface area contributed by atoms with E-state index in [9.17, 15) is 21.6 Å². The van der Waals surface area contributed by atoms with E-state index in [0.29, 0.717) is 0 Å².